The van der Waals surface area contributed by atoms with Crippen LogP contribution in [-0.2, 0) is 33.2 Å². The fourth-order valence-electron chi connectivity index (χ4n) is 3.23. The zero-order chi connectivity index (χ0) is 23.0. The van der Waals surface area contributed by atoms with Crippen LogP contribution in [0.4, 0.5) is 26.3 Å². The van der Waals surface area contributed by atoms with Gasteiger partial charge in [0.2, 0.25) is 0 Å². The van der Waals surface area contributed by atoms with Gasteiger partial charge in [-0.05, 0) is 41.5 Å². The van der Waals surface area contributed by atoms with Gasteiger partial charge in [-0.3, -0.25) is 4.79 Å². The smallest absolute Gasteiger partial charge is 0.416 e. The predicted molar refractivity (Wildman–Crippen MR) is 99.8 cm³/mol. The van der Waals surface area contributed by atoms with E-state index >= 15 is 0 Å². The number of esters is 1. The lowest BCUT2D eigenvalue weighted by Gasteiger charge is -2.19. The van der Waals surface area contributed by atoms with Crippen LogP contribution in [0.15, 0.2) is 36.4 Å². The molecule has 1 aliphatic rings. The normalized spacial score (nSPS) is 19.5. The van der Waals surface area contributed by atoms with Crippen molar-refractivity contribution >= 4 is 29.2 Å². The third-order valence-electron chi connectivity index (χ3n) is 4.69. The lowest BCUT2D eigenvalue weighted by atomic mass is 9.93. The first-order valence-corrected chi connectivity index (χ1v) is 9.60. The molecular weight excluding hydrogens is 473 g/mol. The molecule has 2 aromatic carbocycles. The first-order valence-electron chi connectivity index (χ1n) is 8.85. The molecule has 0 spiro atoms. The Morgan fingerprint density at radius 1 is 0.935 bits per heavy atom. The van der Waals surface area contributed by atoms with E-state index in [9.17, 15) is 31.1 Å². The molecule has 1 aliphatic heterocycles. The van der Waals surface area contributed by atoms with Gasteiger partial charge in [-0.15, -0.1) is 0 Å². The standard InChI is InChI=1S/C20H14Cl2F6O3/c21-15-2-1-11(5-16(15)22)14-7-18(29)31-17(14)9-30-8-10-3-12(19(23,24)25)6-13(4-10)20(26,27)28/h1-6,14,17H,7-9H2. The summed E-state index contributed by atoms with van der Waals surface area (Å²) in [5, 5.41) is 0.579. The van der Waals surface area contributed by atoms with Gasteiger partial charge in [0.05, 0.1) is 40.8 Å². The summed E-state index contributed by atoms with van der Waals surface area (Å²) in [5.74, 6) is -0.961. The molecule has 168 valence electrons. The molecule has 0 bridgehead atoms. The Balaban J connectivity index is 1.73. The van der Waals surface area contributed by atoms with E-state index in [1.165, 1.54) is 0 Å². The molecule has 1 saturated heterocycles. The minimum Gasteiger partial charge on any atom is -0.459 e. The lowest BCUT2D eigenvalue weighted by molar-refractivity contribution is -0.145. The number of ether oxygens (including phenoxy) is 2. The van der Waals surface area contributed by atoms with Crippen LogP contribution in [0.2, 0.25) is 10.0 Å². The third-order valence-corrected chi connectivity index (χ3v) is 5.43. The molecule has 2 aromatic rings. The molecule has 1 fully saturated rings. The molecule has 0 amide bonds. The van der Waals surface area contributed by atoms with E-state index < -0.39 is 48.1 Å². The number of hydrogen-bond acceptors (Lipinski definition) is 3. The summed E-state index contributed by atoms with van der Waals surface area (Å²) < 4.78 is 88.3. The molecule has 0 aliphatic carbocycles. The number of alkyl halides is 6. The highest BCUT2D eigenvalue weighted by Crippen LogP contribution is 2.37. The molecule has 0 N–H and O–H groups in total. The highest BCUT2D eigenvalue weighted by molar-refractivity contribution is 6.42. The van der Waals surface area contributed by atoms with Crippen molar-refractivity contribution in [3.05, 3.63) is 68.7 Å². The highest BCUT2D eigenvalue weighted by atomic mass is 35.5. The van der Waals surface area contributed by atoms with Crippen LogP contribution in [0.5, 0.6) is 0 Å². The molecule has 0 radical (unpaired) electrons. The van der Waals surface area contributed by atoms with Gasteiger partial charge in [0, 0.05) is 5.92 Å². The van der Waals surface area contributed by atoms with Crippen molar-refractivity contribution < 1.29 is 40.6 Å². The van der Waals surface area contributed by atoms with Gasteiger partial charge >= 0.3 is 18.3 Å². The fraction of sp³-hybridized carbons (Fsp3) is 0.350. The quantitative estimate of drug-likeness (QED) is 0.350. The Bertz CT molecular complexity index is 942. The average molecular weight is 487 g/mol. The maximum absolute atomic E-state index is 13.0. The molecule has 2 atom stereocenters. The second-order valence-corrected chi connectivity index (χ2v) is 7.76. The summed E-state index contributed by atoms with van der Waals surface area (Å²) >= 11 is 11.9. The molecule has 2 unspecified atom stereocenters. The summed E-state index contributed by atoms with van der Waals surface area (Å²) in [5.41, 5.74) is -2.52. The van der Waals surface area contributed by atoms with Gasteiger partial charge in [-0.1, -0.05) is 29.3 Å². The Morgan fingerprint density at radius 2 is 1.55 bits per heavy atom. The zero-order valence-electron chi connectivity index (χ0n) is 15.5. The Morgan fingerprint density at radius 3 is 2.10 bits per heavy atom. The van der Waals surface area contributed by atoms with Crippen molar-refractivity contribution in [2.75, 3.05) is 6.61 Å². The van der Waals surface area contributed by atoms with Crippen LogP contribution in [0, 0.1) is 0 Å². The minimum absolute atomic E-state index is 0.0216. The molecule has 3 rings (SSSR count). The van der Waals surface area contributed by atoms with Crippen molar-refractivity contribution in [2.24, 2.45) is 0 Å². The summed E-state index contributed by atoms with van der Waals surface area (Å²) in [6.07, 6.45) is -10.7. The van der Waals surface area contributed by atoms with Gasteiger partial charge in [-0.2, -0.15) is 26.3 Å². The van der Waals surface area contributed by atoms with Gasteiger partial charge in [0.25, 0.3) is 0 Å². The number of carbonyl (C=O) groups is 1. The van der Waals surface area contributed by atoms with Crippen molar-refractivity contribution in [3.8, 4) is 0 Å². The number of rotatable bonds is 5. The summed E-state index contributed by atoms with van der Waals surface area (Å²) in [6.45, 7) is -0.761. The minimum atomic E-state index is -4.95. The predicted octanol–water partition coefficient (Wildman–Crippen LogP) is 6.65. The number of benzene rings is 2. The molecule has 3 nitrogen and oxygen atoms in total. The summed E-state index contributed by atoms with van der Waals surface area (Å²) in [6, 6.07) is 5.98. The van der Waals surface area contributed by atoms with Gasteiger partial charge in [0.1, 0.15) is 6.10 Å². The van der Waals surface area contributed by atoms with Crippen LogP contribution in [0.3, 0.4) is 0 Å². The first-order chi connectivity index (χ1) is 14.3. The SMILES string of the molecule is O=C1CC(c2ccc(Cl)c(Cl)c2)C(COCc2cc(C(F)(F)F)cc(C(F)(F)F)c2)O1. The second kappa shape index (κ2) is 8.88. The Hall–Kier alpha value is -1.97. The molecule has 1 heterocycles. The largest absolute Gasteiger partial charge is 0.459 e. The van der Waals surface area contributed by atoms with E-state index in [0.29, 0.717) is 22.7 Å². The monoisotopic (exact) mass is 486 g/mol. The van der Waals surface area contributed by atoms with Gasteiger partial charge in [-0.25, -0.2) is 0 Å². The van der Waals surface area contributed by atoms with E-state index in [0.717, 1.165) is 0 Å². The zero-order valence-corrected chi connectivity index (χ0v) is 17.0. The number of cyclic esters (lactones) is 1. The highest BCUT2D eigenvalue weighted by Gasteiger charge is 2.38. The second-order valence-electron chi connectivity index (χ2n) is 6.94. The van der Waals surface area contributed by atoms with Gasteiger partial charge in [0.15, 0.2) is 0 Å². The fourth-order valence-corrected chi connectivity index (χ4v) is 3.54. The van der Waals surface area contributed by atoms with E-state index in [2.05, 4.69) is 0 Å². The third kappa shape index (κ3) is 5.84. The number of halogens is 8. The topological polar surface area (TPSA) is 35.5 Å². The van der Waals surface area contributed by atoms with E-state index in [-0.39, 0.29) is 29.7 Å². The van der Waals surface area contributed by atoms with Crippen LogP contribution in [0.25, 0.3) is 0 Å². The van der Waals surface area contributed by atoms with E-state index in [4.69, 9.17) is 32.7 Å². The van der Waals surface area contributed by atoms with Crippen molar-refractivity contribution in [1.29, 1.82) is 0 Å². The van der Waals surface area contributed by atoms with E-state index in [1.54, 1.807) is 18.2 Å². The summed E-state index contributed by atoms with van der Waals surface area (Å²) in [7, 11) is 0. The van der Waals surface area contributed by atoms with Crippen LogP contribution in [-0.4, -0.2) is 18.7 Å². The van der Waals surface area contributed by atoms with Gasteiger partial charge < -0.3 is 9.47 Å². The van der Waals surface area contributed by atoms with Crippen LogP contribution >= 0.6 is 23.2 Å². The summed E-state index contributed by atoms with van der Waals surface area (Å²) in [4.78, 5) is 11.7. The molecule has 0 saturated carbocycles. The first kappa shape index (κ1) is 23.7. The number of carbonyl (C=O) groups excluding carboxylic acids is 1. The van der Waals surface area contributed by atoms with Crippen molar-refractivity contribution in [3.63, 3.8) is 0 Å². The van der Waals surface area contributed by atoms with Crippen molar-refractivity contribution in [2.45, 2.75) is 37.4 Å². The van der Waals surface area contributed by atoms with Crippen LogP contribution < -0.4 is 0 Å². The molecule has 31 heavy (non-hydrogen) atoms. The maximum Gasteiger partial charge on any atom is 0.416 e. The molecule has 11 heteroatoms. The number of hydrogen-bond donors (Lipinski definition) is 0. The Kier molecular flexibility index (Phi) is 6.78. The Labute approximate surface area is 182 Å². The molecular formula is C20H14Cl2F6O3. The molecule has 0 aromatic heterocycles. The maximum atomic E-state index is 13.0. The van der Waals surface area contributed by atoms with Crippen molar-refractivity contribution in [1.82, 2.24) is 0 Å². The van der Waals surface area contributed by atoms with E-state index in [1.807, 2.05) is 0 Å². The average Bonchev–Trinajstić information content (AvgIpc) is 3.03. The lowest BCUT2D eigenvalue weighted by Crippen LogP contribution is -2.21. The van der Waals surface area contributed by atoms with Crippen LogP contribution in [0.1, 0.15) is 34.6 Å².